The Morgan fingerprint density at radius 3 is 2.71 bits per heavy atom. The molecular weight excluding hydrogens is 208 g/mol. The van der Waals surface area contributed by atoms with Crippen molar-refractivity contribution in [3.05, 3.63) is 29.8 Å². The summed E-state index contributed by atoms with van der Waals surface area (Å²) in [7, 11) is 2.22. The van der Waals surface area contributed by atoms with Gasteiger partial charge in [-0.2, -0.15) is 0 Å². The van der Waals surface area contributed by atoms with Gasteiger partial charge >= 0.3 is 0 Å². The van der Waals surface area contributed by atoms with Crippen molar-refractivity contribution in [2.24, 2.45) is 5.92 Å². The van der Waals surface area contributed by atoms with Crippen LogP contribution in [-0.4, -0.2) is 20.1 Å². The van der Waals surface area contributed by atoms with E-state index in [0.29, 0.717) is 6.04 Å². The highest BCUT2D eigenvalue weighted by atomic mass is 15.1. The molecule has 1 aromatic carbocycles. The molecule has 1 N–H and O–H groups in total. The summed E-state index contributed by atoms with van der Waals surface area (Å²) in [6.07, 6.45) is 2.82. The highest BCUT2D eigenvalue weighted by Gasteiger charge is 2.24. The predicted molar refractivity (Wildman–Crippen MR) is 74.5 cm³/mol. The largest absolute Gasteiger partial charge is 0.374 e. The molecule has 1 fully saturated rings. The van der Waals surface area contributed by atoms with Crippen molar-refractivity contribution in [3.8, 4) is 0 Å². The first-order chi connectivity index (χ1) is 8.22. The minimum Gasteiger partial charge on any atom is -0.374 e. The van der Waals surface area contributed by atoms with Crippen LogP contribution in [0.1, 0.15) is 38.3 Å². The molecule has 2 nitrogen and oxygen atoms in total. The maximum atomic E-state index is 3.50. The van der Waals surface area contributed by atoms with Gasteiger partial charge in [0.2, 0.25) is 0 Å². The minimum absolute atomic E-state index is 0.429. The Bertz CT molecular complexity index is 358. The van der Waals surface area contributed by atoms with Gasteiger partial charge < -0.3 is 10.2 Å². The van der Waals surface area contributed by atoms with E-state index in [4.69, 9.17) is 0 Å². The Labute approximate surface area is 105 Å². The molecule has 0 heterocycles. The molecular formula is C15H24N2. The van der Waals surface area contributed by atoms with Crippen molar-refractivity contribution in [1.29, 1.82) is 0 Å². The molecule has 0 aromatic heterocycles. The van der Waals surface area contributed by atoms with Gasteiger partial charge in [0.15, 0.2) is 0 Å². The standard InChI is InChI=1S/C15H24N2/c1-4-16-12(2)14-7-5-6-8-15(14)17(3)11-13-9-10-13/h5-8,12-13,16H,4,9-11H2,1-3H3. The SMILES string of the molecule is CCNC(C)c1ccccc1N(C)CC1CC1. The van der Waals surface area contributed by atoms with Crippen LogP contribution < -0.4 is 10.2 Å². The number of anilines is 1. The van der Waals surface area contributed by atoms with Crippen molar-refractivity contribution < 1.29 is 0 Å². The van der Waals surface area contributed by atoms with Crippen LogP contribution in [0.3, 0.4) is 0 Å². The fraction of sp³-hybridized carbons (Fsp3) is 0.600. The van der Waals surface area contributed by atoms with Crippen LogP contribution in [0.25, 0.3) is 0 Å². The molecule has 1 aliphatic rings. The van der Waals surface area contributed by atoms with E-state index in [2.05, 4.69) is 55.4 Å². The third-order valence-electron chi connectivity index (χ3n) is 3.55. The lowest BCUT2D eigenvalue weighted by Gasteiger charge is -2.25. The quantitative estimate of drug-likeness (QED) is 0.810. The Kier molecular flexibility index (Phi) is 4.06. The van der Waals surface area contributed by atoms with Gasteiger partial charge in [0.05, 0.1) is 0 Å². The maximum Gasteiger partial charge on any atom is 0.0412 e. The zero-order valence-corrected chi connectivity index (χ0v) is 11.2. The van der Waals surface area contributed by atoms with Crippen LogP contribution in [0.2, 0.25) is 0 Å². The molecule has 1 atom stereocenters. The van der Waals surface area contributed by atoms with E-state index in [1.165, 1.54) is 30.6 Å². The highest BCUT2D eigenvalue weighted by Crippen LogP contribution is 2.32. The van der Waals surface area contributed by atoms with Gasteiger partial charge in [-0.25, -0.2) is 0 Å². The van der Waals surface area contributed by atoms with E-state index in [9.17, 15) is 0 Å². The summed E-state index contributed by atoms with van der Waals surface area (Å²) in [4.78, 5) is 2.42. The van der Waals surface area contributed by atoms with Gasteiger partial charge in [-0.1, -0.05) is 25.1 Å². The number of nitrogens with one attached hydrogen (secondary N) is 1. The second-order valence-corrected chi connectivity index (χ2v) is 5.16. The van der Waals surface area contributed by atoms with Crippen molar-refractivity contribution in [3.63, 3.8) is 0 Å². The summed E-state index contributed by atoms with van der Waals surface area (Å²) in [6, 6.07) is 9.19. The third-order valence-corrected chi connectivity index (χ3v) is 3.55. The van der Waals surface area contributed by atoms with E-state index >= 15 is 0 Å². The first-order valence-electron chi connectivity index (χ1n) is 6.75. The molecule has 1 aliphatic carbocycles. The molecule has 0 aliphatic heterocycles. The monoisotopic (exact) mass is 232 g/mol. The lowest BCUT2D eigenvalue weighted by molar-refractivity contribution is 0.596. The van der Waals surface area contributed by atoms with Crippen molar-refractivity contribution in [1.82, 2.24) is 5.32 Å². The van der Waals surface area contributed by atoms with Gasteiger partial charge in [0.1, 0.15) is 0 Å². The van der Waals surface area contributed by atoms with E-state index in [1.807, 2.05) is 0 Å². The lowest BCUT2D eigenvalue weighted by Crippen LogP contribution is -2.25. The topological polar surface area (TPSA) is 15.3 Å². The number of benzene rings is 1. The molecule has 0 bridgehead atoms. The second kappa shape index (κ2) is 5.54. The molecule has 17 heavy (non-hydrogen) atoms. The van der Waals surface area contributed by atoms with Crippen LogP contribution in [0.4, 0.5) is 5.69 Å². The van der Waals surface area contributed by atoms with Crippen LogP contribution in [0, 0.1) is 5.92 Å². The van der Waals surface area contributed by atoms with E-state index in [1.54, 1.807) is 0 Å². The van der Waals surface area contributed by atoms with E-state index < -0.39 is 0 Å². The number of para-hydroxylation sites is 1. The average molecular weight is 232 g/mol. The molecule has 1 unspecified atom stereocenters. The summed E-state index contributed by atoms with van der Waals surface area (Å²) >= 11 is 0. The Hall–Kier alpha value is -1.02. The van der Waals surface area contributed by atoms with Crippen LogP contribution in [0.5, 0.6) is 0 Å². The van der Waals surface area contributed by atoms with Gasteiger partial charge in [-0.15, -0.1) is 0 Å². The van der Waals surface area contributed by atoms with Crippen LogP contribution in [0.15, 0.2) is 24.3 Å². The van der Waals surface area contributed by atoms with Crippen molar-refractivity contribution >= 4 is 5.69 Å². The fourth-order valence-corrected chi connectivity index (χ4v) is 2.40. The first-order valence-corrected chi connectivity index (χ1v) is 6.75. The van der Waals surface area contributed by atoms with Crippen molar-refractivity contribution in [2.75, 3.05) is 25.0 Å². The average Bonchev–Trinajstić information content (AvgIpc) is 3.13. The zero-order valence-electron chi connectivity index (χ0n) is 11.2. The summed E-state index contributed by atoms with van der Waals surface area (Å²) in [5.74, 6) is 0.933. The molecule has 0 radical (unpaired) electrons. The van der Waals surface area contributed by atoms with Crippen molar-refractivity contribution in [2.45, 2.75) is 32.7 Å². The van der Waals surface area contributed by atoms with Gasteiger partial charge in [-0.3, -0.25) is 0 Å². The van der Waals surface area contributed by atoms with E-state index in [0.717, 1.165) is 12.5 Å². The van der Waals surface area contributed by atoms with Gasteiger partial charge in [-0.05, 0) is 43.9 Å². The van der Waals surface area contributed by atoms with Crippen LogP contribution in [-0.2, 0) is 0 Å². The Morgan fingerprint density at radius 2 is 2.06 bits per heavy atom. The smallest absolute Gasteiger partial charge is 0.0412 e. The fourth-order valence-electron chi connectivity index (χ4n) is 2.40. The van der Waals surface area contributed by atoms with E-state index in [-0.39, 0.29) is 0 Å². The molecule has 0 saturated heterocycles. The molecule has 0 spiro atoms. The Balaban J connectivity index is 2.13. The predicted octanol–water partition coefficient (Wildman–Crippen LogP) is 3.20. The maximum absolute atomic E-state index is 3.50. The first kappa shape index (κ1) is 12.4. The highest BCUT2D eigenvalue weighted by molar-refractivity contribution is 5.54. The molecule has 0 amide bonds. The summed E-state index contributed by atoms with van der Waals surface area (Å²) in [5, 5.41) is 3.50. The normalized spacial score (nSPS) is 16.9. The summed E-state index contributed by atoms with van der Waals surface area (Å²) in [6.45, 7) is 6.62. The number of hydrogen-bond donors (Lipinski definition) is 1. The molecule has 2 rings (SSSR count). The minimum atomic E-state index is 0.429. The molecule has 1 saturated carbocycles. The summed E-state index contributed by atoms with van der Waals surface area (Å²) < 4.78 is 0. The zero-order chi connectivity index (χ0) is 12.3. The Morgan fingerprint density at radius 1 is 1.35 bits per heavy atom. The molecule has 94 valence electrons. The number of hydrogen-bond acceptors (Lipinski definition) is 2. The van der Waals surface area contributed by atoms with Crippen LogP contribution >= 0.6 is 0 Å². The molecule has 1 aromatic rings. The van der Waals surface area contributed by atoms with Gasteiger partial charge in [0.25, 0.3) is 0 Å². The summed E-state index contributed by atoms with van der Waals surface area (Å²) in [5.41, 5.74) is 2.80. The number of rotatable bonds is 6. The second-order valence-electron chi connectivity index (χ2n) is 5.16. The third kappa shape index (κ3) is 3.22. The lowest BCUT2D eigenvalue weighted by atomic mass is 10.1. The number of nitrogens with zero attached hydrogens (tertiary/aromatic N) is 1. The molecule has 2 heteroatoms. The van der Waals surface area contributed by atoms with Gasteiger partial charge in [0, 0.05) is 25.3 Å².